The van der Waals surface area contributed by atoms with Gasteiger partial charge < -0.3 is 5.32 Å². The first-order valence-corrected chi connectivity index (χ1v) is 8.27. The first-order valence-electron chi connectivity index (χ1n) is 6.95. The zero-order chi connectivity index (χ0) is 16.3. The van der Waals surface area contributed by atoms with Gasteiger partial charge in [0.1, 0.15) is 4.87 Å². The van der Waals surface area contributed by atoms with E-state index >= 15 is 0 Å². The van der Waals surface area contributed by atoms with Crippen LogP contribution >= 0.6 is 22.9 Å². The zero-order valence-corrected chi connectivity index (χ0v) is 13.6. The minimum absolute atomic E-state index is 0.0540. The Balaban J connectivity index is 1.76. The maximum Gasteiger partial charge on any atom is 0.249 e. The number of thiophene rings is 1. The molecular formula is C17H13ClN2O2S. The van der Waals surface area contributed by atoms with E-state index in [1.165, 1.54) is 23.6 Å². The van der Waals surface area contributed by atoms with Crippen LogP contribution in [0.15, 0.2) is 64.4 Å². The molecular weight excluding hydrogens is 332 g/mol. The number of Topliss-reactive ketones (excluding diaryl/α,β-unsaturated/α-hetero) is 1. The van der Waals surface area contributed by atoms with Gasteiger partial charge in [0.2, 0.25) is 11.7 Å². The van der Waals surface area contributed by atoms with Gasteiger partial charge >= 0.3 is 0 Å². The SMILES string of the molecule is O=C(C1=NC=CC(Cl)(C(=O)Nc2ccccc2)C1)c1ccsc1. The molecule has 0 fully saturated rings. The van der Waals surface area contributed by atoms with Crippen LogP contribution in [-0.4, -0.2) is 22.3 Å². The van der Waals surface area contributed by atoms with Gasteiger partial charge in [-0.15, -0.1) is 11.6 Å². The van der Waals surface area contributed by atoms with Gasteiger partial charge in [0.05, 0.1) is 5.71 Å². The molecule has 0 radical (unpaired) electrons. The monoisotopic (exact) mass is 344 g/mol. The molecule has 0 bridgehead atoms. The summed E-state index contributed by atoms with van der Waals surface area (Å²) in [5, 5.41) is 6.34. The Morgan fingerprint density at radius 2 is 2.00 bits per heavy atom. The first kappa shape index (κ1) is 15.6. The van der Waals surface area contributed by atoms with Gasteiger partial charge in [-0.25, -0.2) is 0 Å². The molecule has 0 saturated heterocycles. The van der Waals surface area contributed by atoms with E-state index in [0.717, 1.165) is 0 Å². The Morgan fingerprint density at radius 3 is 2.70 bits per heavy atom. The number of hydrogen-bond donors (Lipinski definition) is 1. The normalized spacial score (nSPS) is 20.0. The molecule has 1 unspecified atom stereocenters. The minimum Gasteiger partial charge on any atom is -0.324 e. The van der Waals surface area contributed by atoms with Crippen molar-refractivity contribution in [3.63, 3.8) is 0 Å². The second kappa shape index (κ2) is 6.48. The van der Waals surface area contributed by atoms with E-state index in [1.54, 1.807) is 23.6 Å². The highest BCUT2D eigenvalue weighted by molar-refractivity contribution is 7.08. The number of carbonyl (C=O) groups excluding carboxylic acids is 2. The van der Waals surface area contributed by atoms with Crippen molar-refractivity contribution in [2.45, 2.75) is 11.3 Å². The Labute approximate surface area is 142 Å². The summed E-state index contributed by atoms with van der Waals surface area (Å²) in [6.45, 7) is 0. The lowest BCUT2D eigenvalue weighted by Gasteiger charge is -2.25. The molecule has 1 aromatic carbocycles. The number of nitrogens with one attached hydrogen (secondary N) is 1. The molecule has 0 saturated carbocycles. The van der Waals surface area contributed by atoms with Gasteiger partial charge in [-0.3, -0.25) is 14.6 Å². The number of halogens is 1. The van der Waals surface area contributed by atoms with E-state index < -0.39 is 4.87 Å². The number of aliphatic imine (C=N–C) groups is 1. The third-order valence-corrected chi connectivity index (χ3v) is 4.56. The molecule has 23 heavy (non-hydrogen) atoms. The smallest absolute Gasteiger partial charge is 0.249 e. The van der Waals surface area contributed by atoms with Crippen LogP contribution in [0.3, 0.4) is 0 Å². The summed E-state index contributed by atoms with van der Waals surface area (Å²) >= 11 is 7.88. The highest BCUT2D eigenvalue weighted by Crippen LogP contribution is 2.29. The molecule has 4 nitrogen and oxygen atoms in total. The second-order valence-corrected chi connectivity index (χ2v) is 6.55. The average molecular weight is 345 g/mol. The number of rotatable bonds is 4. The summed E-state index contributed by atoms with van der Waals surface area (Å²) in [5.74, 6) is -0.583. The van der Waals surface area contributed by atoms with Crippen LogP contribution in [0.25, 0.3) is 0 Å². The summed E-state index contributed by atoms with van der Waals surface area (Å²) in [6, 6.07) is 10.8. The highest BCUT2D eigenvalue weighted by Gasteiger charge is 2.38. The van der Waals surface area contributed by atoms with Crippen molar-refractivity contribution in [3.8, 4) is 0 Å². The van der Waals surface area contributed by atoms with Crippen molar-refractivity contribution in [2.75, 3.05) is 5.32 Å². The number of carbonyl (C=O) groups is 2. The van der Waals surface area contributed by atoms with Crippen molar-refractivity contribution in [1.29, 1.82) is 0 Å². The molecule has 3 rings (SSSR count). The van der Waals surface area contributed by atoms with Crippen molar-refractivity contribution in [2.24, 2.45) is 4.99 Å². The lowest BCUT2D eigenvalue weighted by atomic mass is 9.94. The number of para-hydroxylation sites is 1. The van der Waals surface area contributed by atoms with Crippen LogP contribution in [0.1, 0.15) is 16.8 Å². The Morgan fingerprint density at radius 1 is 1.22 bits per heavy atom. The second-order valence-electron chi connectivity index (χ2n) is 5.09. The number of alkyl halides is 1. The van der Waals surface area contributed by atoms with Crippen molar-refractivity contribution in [1.82, 2.24) is 0 Å². The maximum absolute atomic E-state index is 12.5. The lowest BCUT2D eigenvalue weighted by Crippen LogP contribution is -2.40. The van der Waals surface area contributed by atoms with E-state index in [1.807, 2.05) is 23.6 Å². The molecule has 6 heteroatoms. The lowest BCUT2D eigenvalue weighted by molar-refractivity contribution is -0.117. The van der Waals surface area contributed by atoms with Gasteiger partial charge in [0.15, 0.2) is 0 Å². The molecule has 0 spiro atoms. The Hall–Kier alpha value is -2.24. The molecule has 0 aliphatic carbocycles. The maximum atomic E-state index is 12.5. The average Bonchev–Trinajstić information content (AvgIpc) is 3.09. The molecule has 1 atom stereocenters. The van der Waals surface area contributed by atoms with Crippen LogP contribution in [0.5, 0.6) is 0 Å². The van der Waals surface area contributed by atoms with Gasteiger partial charge in [0, 0.05) is 29.3 Å². The molecule has 2 heterocycles. The molecule has 1 amide bonds. The first-order chi connectivity index (χ1) is 11.1. The van der Waals surface area contributed by atoms with Gasteiger partial charge in [-0.1, -0.05) is 18.2 Å². The number of hydrogen-bond acceptors (Lipinski definition) is 4. The van der Waals surface area contributed by atoms with Crippen LogP contribution in [0.4, 0.5) is 5.69 Å². The van der Waals surface area contributed by atoms with E-state index in [0.29, 0.717) is 11.3 Å². The number of ketones is 1. The van der Waals surface area contributed by atoms with E-state index in [4.69, 9.17) is 11.6 Å². The number of amides is 1. The fourth-order valence-electron chi connectivity index (χ4n) is 2.21. The highest BCUT2D eigenvalue weighted by atomic mass is 35.5. The van der Waals surface area contributed by atoms with Crippen LogP contribution in [0, 0.1) is 0 Å². The zero-order valence-electron chi connectivity index (χ0n) is 12.0. The molecule has 116 valence electrons. The molecule has 1 aromatic heterocycles. The largest absolute Gasteiger partial charge is 0.324 e. The topological polar surface area (TPSA) is 58.5 Å². The fraction of sp³-hybridized carbons (Fsp3) is 0.118. The fourth-order valence-corrected chi connectivity index (χ4v) is 3.07. The summed E-state index contributed by atoms with van der Waals surface area (Å²) in [6.07, 6.45) is 2.98. The number of benzene rings is 1. The predicted molar refractivity (Wildman–Crippen MR) is 93.5 cm³/mol. The van der Waals surface area contributed by atoms with E-state index in [9.17, 15) is 9.59 Å². The summed E-state index contributed by atoms with van der Waals surface area (Å²) in [4.78, 5) is 27.6. The van der Waals surface area contributed by atoms with Gasteiger partial charge in [0.25, 0.3) is 0 Å². The van der Waals surface area contributed by atoms with Crippen LogP contribution in [-0.2, 0) is 4.79 Å². The third kappa shape index (κ3) is 3.41. The predicted octanol–water partition coefficient (Wildman–Crippen LogP) is 3.91. The summed E-state index contributed by atoms with van der Waals surface area (Å²) in [5.41, 5.74) is 1.50. The molecule has 1 aliphatic rings. The molecule has 1 N–H and O–H groups in total. The quantitative estimate of drug-likeness (QED) is 0.675. The van der Waals surface area contributed by atoms with Crippen LogP contribution < -0.4 is 5.32 Å². The summed E-state index contributed by atoms with van der Waals surface area (Å²) in [7, 11) is 0. The van der Waals surface area contributed by atoms with Crippen molar-refractivity contribution < 1.29 is 9.59 Å². The van der Waals surface area contributed by atoms with Crippen molar-refractivity contribution in [3.05, 3.63) is 65.0 Å². The number of nitrogens with zero attached hydrogens (tertiary/aromatic N) is 1. The summed E-state index contributed by atoms with van der Waals surface area (Å²) < 4.78 is 0. The van der Waals surface area contributed by atoms with E-state index in [-0.39, 0.29) is 23.8 Å². The Kier molecular flexibility index (Phi) is 4.41. The Bertz CT molecular complexity index is 784. The van der Waals surface area contributed by atoms with E-state index in [2.05, 4.69) is 10.3 Å². The van der Waals surface area contributed by atoms with Gasteiger partial charge in [-0.2, -0.15) is 11.3 Å². The molecule has 1 aliphatic heterocycles. The van der Waals surface area contributed by atoms with Crippen LogP contribution in [0.2, 0.25) is 0 Å². The number of anilines is 1. The van der Waals surface area contributed by atoms with Gasteiger partial charge in [-0.05, 0) is 29.7 Å². The third-order valence-electron chi connectivity index (χ3n) is 3.45. The molecule has 2 aromatic rings. The minimum atomic E-state index is -1.32. The van der Waals surface area contributed by atoms with Crippen molar-refractivity contribution >= 4 is 46.0 Å². The standard InChI is InChI=1S/C17H13ClN2O2S/c18-17(16(22)20-13-4-2-1-3-5-13)7-8-19-14(10-17)15(21)12-6-9-23-11-12/h1-9,11H,10H2,(H,20,22).